The largest absolute Gasteiger partial charge is 0.332 e. The molecule has 0 unspecified atom stereocenters. The Kier molecular flexibility index (Phi) is 4.55. The minimum Gasteiger partial charge on any atom is -0.324 e. The summed E-state index contributed by atoms with van der Waals surface area (Å²) in [7, 11) is 2.87. The number of nitro benzene ring substituents is 1. The van der Waals surface area contributed by atoms with E-state index in [1.165, 1.54) is 55.2 Å². The van der Waals surface area contributed by atoms with Gasteiger partial charge < -0.3 is 5.32 Å². The maximum atomic E-state index is 12.3. The van der Waals surface area contributed by atoms with Crippen molar-refractivity contribution in [3.63, 3.8) is 0 Å². The lowest BCUT2D eigenvalue weighted by atomic mass is 10.1. The molecular weight excluding hydrogens is 354 g/mol. The zero-order valence-electron chi connectivity index (χ0n) is 14.5. The summed E-state index contributed by atoms with van der Waals surface area (Å²) < 4.78 is 2.21. The highest BCUT2D eigenvalue weighted by Gasteiger charge is 2.12. The summed E-state index contributed by atoms with van der Waals surface area (Å²) in [4.78, 5) is 50.6. The van der Waals surface area contributed by atoms with Crippen LogP contribution in [0.5, 0.6) is 0 Å². The van der Waals surface area contributed by atoms with Gasteiger partial charge in [-0.15, -0.1) is 0 Å². The first-order valence-electron chi connectivity index (χ1n) is 7.87. The Morgan fingerprint density at radius 1 is 1.19 bits per heavy atom. The van der Waals surface area contributed by atoms with Crippen molar-refractivity contribution in [1.29, 1.82) is 0 Å². The molecule has 1 N–H and O–H groups in total. The minimum atomic E-state index is -0.515. The number of benzene rings is 1. The van der Waals surface area contributed by atoms with Crippen LogP contribution in [0.1, 0.15) is 5.56 Å². The third-order valence-corrected chi connectivity index (χ3v) is 4.09. The van der Waals surface area contributed by atoms with Crippen molar-refractivity contribution in [2.45, 2.75) is 6.42 Å². The number of hydrogen-bond donors (Lipinski definition) is 1. The van der Waals surface area contributed by atoms with Crippen molar-refractivity contribution in [2.24, 2.45) is 14.1 Å². The van der Waals surface area contributed by atoms with E-state index in [0.29, 0.717) is 11.3 Å². The van der Waals surface area contributed by atoms with E-state index in [-0.39, 0.29) is 29.0 Å². The fourth-order valence-corrected chi connectivity index (χ4v) is 2.66. The van der Waals surface area contributed by atoms with Gasteiger partial charge in [-0.3, -0.25) is 28.8 Å². The first kappa shape index (κ1) is 18.0. The van der Waals surface area contributed by atoms with Crippen LogP contribution in [0.25, 0.3) is 11.0 Å². The fraction of sp³-hybridized carbons (Fsp3) is 0.176. The standard InChI is InChI=1S/C17H15N5O5/c1-20-15-13(16(24)21(2)17(20)25)8-11(9-18-15)19-14(23)7-10-3-5-12(6-4-10)22(26)27/h3-6,8-9H,7H2,1-2H3,(H,19,23). The van der Waals surface area contributed by atoms with Crippen LogP contribution in [-0.2, 0) is 25.3 Å². The summed E-state index contributed by atoms with van der Waals surface area (Å²) in [6.07, 6.45) is 1.36. The second kappa shape index (κ2) is 6.83. The molecule has 10 nitrogen and oxygen atoms in total. The molecule has 0 aliphatic heterocycles. The molecule has 0 saturated carbocycles. The lowest BCUT2D eigenvalue weighted by Crippen LogP contribution is -2.37. The Labute approximate surface area is 151 Å². The van der Waals surface area contributed by atoms with E-state index >= 15 is 0 Å². The van der Waals surface area contributed by atoms with E-state index in [2.05, 4.69) is 10.3 Å². The quantitative estimate of drug-likeness (QED) is 0.533. The zero-order valence-corrected chi connectivity index (χ0v) is 14.5. The average molecular weight is 369 g/mol. The molecule has 2 aromatic heterocycles. The smallest absolute Gasteiger partial charge is 0.324 e. The number of hydrogen-bond acceptors (Lipinski definition) is 6. The Balaban J connectivity index is 1.84. The second-order valence-corrected chi connectivity index (χ2v) is 5.95. The second-order valence-electron chi connectivity index (χ2n) is 5.95. The molecule has 0 fully saturated rings. The third-order valence-electron chi connectivity index (χ3n) is 4.09. The number of nitrogens with one attached hydrogen (secondary N) is 1. The van der Waals surface area contributed by atoms with Crippen molar-refractivity contribution >= 4 is 28.3 Å². The van der Waals surface area contributed by atoms with Crippen LogP contribution in [0.2, 0.25) is 0 Å². The molecule has 10 heteroatoms. The first-order chi connectivity index (χ1) is 12.8. The first-order valence-corrected chi connectivity index (χ1v) is 7.87. The molecule has 0 atom stereocenters. The number of carbonyl (C=O) groups is 1. The molecular formula is C17H15N5O5. The lowest BCUT2D eigenvalue weighted by Gasteiger charge is -2.09. The molecule has 1 aromatic carbocycles. The molecule has 0 aliphatic carbocycles. The van der Waals surface area contributed by atoms with Gasteiger partial charge in [0.05, 0.1) is 28.6 Å². The minimum absolute atomic E-state index is 0.00131. The monoisotopic (exact) mass is 369 g/mol. The van der Waals surface area contributed by atoms with Gasteiger partial charge in [0.15, 0.2) is 0 Å². The van der Waals surface area contributed by atoms with E-state index in [0.717, 1.165) is 4.57 Å². The van der Waals surface area contributed by atoms with Crippen molar-refractivity contribution in [2.75, 3.05) is 5.32 Å². The van der Waals surface area contributed by atoms with Crippen LogP contribution < -0.4 is 16.6 Å². The van der Waals surface area contributed by atoms with Gasteiger partial charge in [-0.1, -0.05) is 12.1 Å². The lowest BCUT2D eigenvalue weighted by molar-refractivity contribution is -0.384. The molecule has 138 valence electrons. The molecule has 0 spiro atoms. The van der Waals surface area contributed by atoms with Gasteiger partial charge in [0.2, 0.25) is 5.91 Å². The number of fused-ring (bicyclic) bond motifs is 1. The fourth-order valence-electron chi connectivity index (χ4n) is 2.66. The van der Waals surface area contributed by atoms with Crippen LogP contribution in [0.15, 0.2) is 46.1 Å². The van der Waals surface area contributed by atoms with Crippen LogP contribution in [-0.4, -0.2) is 24.9 Å². The molecule has 2 heterocycles. The number of nitro groups is 1. The van der Waals surface area contributed by atoms with Crippen LogP contribution in [0.3, 0.4) is 0 Å². The highest BCUT2D eigenvalue weighted by atomic mass is 16.6. The SMILES string of the molecule is Cn1c(=O)c2cc(NC(=O)Cc3ccc([N+](=O)[O-])cc3)cnc2n(C)c1=O. The summed E-state index contributed by atoms with van der Waals surface area (Å²) in [6, 6.07) is 7.11. The summed E-state index contributed by atoms with van der Waals surface area (Å²) in [6.45, 7) is 0. The van der Waals surface area contributed by atoms with Gasteiger partial charge in [-0.05, 0) is 11.6 Å². The van der Waals surface area contributed by atoms with Gasteiger partial charge >= 0.3 is 5.69 Å². The molecule has 0 bridgehead atoms. The van der Waals surface area contributed by atoms with E-state index < -0.39 is 16.2 Å². The van der Waals surface area contributed by atoms with Crippen LogP contribution in [0.4, 0.5) is 11.4 Å². The number of rotatable bonds is 4. The predicted molar refractivity (Wildman–Crippen MR) is 97.7 cm³/mol. The van der Waals surface area contributed by atoms with E-state index in [1.807, 2.05) is 0 Å². The van der Waals surface area contributed by atoms with Gasteiger partial charge in [0, 0.05) is 26.2 Å². The number of amides is 1. The van der Waals surface area contributed by atoms with Crippen LogP contribution >= 0.6 is 0 Å². The Morgan fingerprint density at radius 3 is 2.48 bits per heavy atom. The normalized spacial score (nSPS) is 10.7. The Bertz CT molecular complexity index is 1180. The Morgan fingerprint density at radius 2 is 1.85 bits per heavy atom. The van der Waals surface area contributed by atoms with E-state index in [4.69, 9.17) is 0 Å². The molecule has 3 aromatic rings. The number of aromatic nitrogens is 3. The number of carbonyl (C=O) groups excluding carboxylic acids is 1. The number of aryl methyl sites for hydroxylation is 1. The highest BCUT2D eigenvalue weighted by Crippen LogP contribution is 2.14. The summed E-state index contributed by atoms with van der Waals surface area (Å²) in [5, 5.41) is 13.5. The predicted octanol–water partition coefficient (Wildman–Crippen LogP) is 0.722. The van der Waals surface area contributed by atoms with Crippen molar-refractivity contribution in [3.8, 4) is 0 Å². The zero-order chi connectivity index (χ0) is 19.7. The van der Waals surface area contributed by atoms with E-state index in [1.54, 1.807) is 0 Å². The topological polar surface area (TPSA) is 129 Å². The molecule has 0 aliphatic rings. The third kappa shape index (κ3) is 3.45. The number of pyridine rings is 1. The summed E-state index contributed by atoms with van der Waals surface area (Å²) in [5.74, 6) is -0.369. The Hall–Kier alpha value is -3.82. The van der Waals surface area contributed by atoms with Gasteiger partial charge in [-0.25, -0.2) is 9.78 Å². The van der Waals surface area contributed by atoms with Gasteiger partial charge in [-0.2, -0.15) is 0 Å². The summed E-state index contributed by atoms with van der Waals surface area (Å²) >= 11 is 0. The highest BCUT2D eigenvalue weighted by molar-refractivity contribution is 5.93. The van der Waals surface area contributed by atoms with Crippen molar-refractivity contribution in [3.05, 3.63) is 73.0 Å². The molecule has 0 radical (unpaired) electrons. The maximum absolute atomic E-state index is 12.3. The number of non-ortho nitro benzene ring substituents is 1. The van der Waals surface area contributed by atoms with E-state index in [9.17, 15) is 24.5 Å². The van der Waals surface area contributed by atoms with Gasteiger partial charge in [0.1, 0.15) is 5.65 Å². The van der Waals surface area contributed by atoms with Crippen LogP contribution in [0, 0.1) is 10.1 Å². The maximum Gasteiger partial charge on any atom is 0.332 e. The molecule has 1 amide bonds. The molecule has 27 heavy (non-hydrogen) atoms. The van der Waals surface area contributed by atoms with Crippen molar-refractivity contribution in [1.82, 2.24) is 14.1 Å². The van der Waals surface area contributed by atoms with Gasteiger partial charge in [0.25, 0.3) is 11.2 Å². The average Bonchev–Trinajstić information content (AvgIpc) is 2.65. The number of nitrogens with zero attached hydrogens (tertiary/aromatic N) is 4. The molecule has 3 rings (SSSR count). The molecule has 0 saturated heterocycles. The van der Waals surface area contributed by atoms with Crippen molar-refractivity contribution < 1.29 is 9.72 Å². The number of anilines is 1. The summed E-state index contributed by atoms with van der Waals surface area (Å²) in [5.41, 5.74) is 0.0770.